The van der Waals surface area contributed by atoms with Crippen molar-refractivity contribution < 1.29 is 0 Å². The summed E-state index contributed by atoms with van der Waals surface area (Å²) in [6, 6.07) is 12.4. The van der Waals surface area contributed by atoms with E-state index in [2.05, 4.69) is 45.4 Å². The van der Waals surface area contributed by atoms with Crippen LogP contribution in [0.5, 0.6) is 0 Å². The Morgan fingerprint density at radius 2 is 2.04 bits per heavy atom. The third-order valence-electron chi connectivity index (χ3n) is 3.54. The Hall–Kier alpha value is -2.73. The van der Waals surface area contributed by atoms with E-state index in [-0.39, 0.29) is 0 Å². The first kappa shape index (κ1) is 13.9. The number of rotatable bonds is 4. The molecule has 0 aliphatic heterocycles. The first-order valence-corrected chi connectivity index (χ1v) is 8.15. The highest BCUT2D eigenvalue weighted by molar-refractivity contribution is 7.18. The van der Waals surface area contributed by atoms with Crippen LogP contribution in [-0.2, 0) is 6.54 Å². The van der Waals surface area contributed by atoms with Crippen LogP contribution in [0.3, 0.4) is 0 Å². The highest BCUT2D eigenvalue weighted by Crippen LogP contribution is 2.29. The first-order chi connectivity index (χ1) is 11.3. The molecule has 0 aliphatic carbocycles. The number of fused-ring (bicyclic) bond motifs is 1. The summed E-state index contributed by atoms with van der Waals surface area (Å²) in [5.74, 6) is 1.49. The van der Waals surface area contributed by atoms with Crippen LogP contribution in [0.1, 0.15) is 10.4 Å². The molecule has 0 unspecified atom stereocenters. The maximum atomic E-state index is 4.68. The summed E-state index contributed by atoms with van der Waals surface area (Å²) >= 11 is 1.67. The molecule has 0 radical (unpaired) electrons. The van der Waals surface area contributed by atoms with Crippen molar-refractivity contribution in [2.24, 2.45) is 0 Å². The zero-order valence-electron chi connectivity index (χ0n) is 12.6. The molecule has 4 rings (SSSR count). The first-order valence-electron chi connectivity index (χ1n) is 7.34. The van der Waals surface area contributed by atoms with Gasteiger partial charge in [-0.25, -0.2) is 9.97 Å². The lowest BCUT2D eigenvalue weighted by molar-refractivity contribution is 0.939. The number of aromatic nitrogens is 4. The fraction of sp³-hybridized carbons (Fsp3) is 0.118. The molecular weight excluding hydrogens is 306 g/mol. The van der Waals surface area contributed by atoms with Crippen LogP contribution in [0.2, 0.25) is 0 Å². The van der Waals surface area contributed by atoms with Crippen molar-refractivity contribution in [3.8, 4) is 5.95 Å². The number of anilines is 1. The molecule has 23 heavy (non-hydrogen) atoms. The van der Waals surface area contributed by atoms with Gasteiger partial charge < -0.3 is 5.32 Å². The van der Waals surface area contributed by atoms with Crippen LogP contribution < -0.4 is 5.32 Å². The molecule has 6 heteroatoms. The van der Waals surface area contributed by atoms with Gasteiger partial charge in [-0.1, -0.05) is 30.3 Å². The Labute approximate surface area is 137 Å². The molecule has 0 saturated carbocycles. The second-order valence-electron chi connectivity index (χ2n) is 5.26. The van der Waals surface area contributed by atoms with E-state index < -0.39 is 0 Å². The zero-order valence-corrected chi connectivity index (χ0v) is 13.4. The normalized spacial score (nSPS) is 11.0. The molecule has 0 atom stereocenters. The summed E-state index contributed by atoms with van der Waals surface area (Å²) in [6.45, 7) is 2.81. The number of hydrogen-bond acceptors (Lipinski definition) is 5. The number of imidazole rings is 1. The minimum atomic E-state index is 0.632. The lowest BCUT2D eigenvalue weighted by atomic mass is 10.2. The van der Waals surface area contributed by atoms with Gasteiger partial charge in [0, 0.05) is 23.8 Å². The Balaban J connectivity index is 1.74. The van der Waals surface area contributed by atoms with Gasteiger partial charge in [0.15, 0.2) is 0 Å². The SMILES string of the molecule is Cc1cc2c(NCc3ccccc3)nc(-n3ccnc3)nc2s1. The van der Waals surface area contributed by atoms with Crippen LogP contribution in [0.25, 0.3) is 16.2 Å². The van der Waals surface area contributed by atoms with Crippen molar-refractivity contribution in [3.63, 3.8) is 0 Å². The summed E-state index contributed by atoms with van der Waals surface area (Å²) in [4.78, 5) is 15.6. The molecule has 0 spiro atoms. The fourth-order valence-corrected chi connectivity index (χ4v) is 3.31. The lowest BCUT2D eigenvalue weighted by Crippen LogP contribution is -2.06. The molecule has 0 aliphatic rings. The number of nitrogens with one attached hydrogen (secondary N) is 1. The van der Waals surface area contributed by atoms with Crippen LogP contribution >= 0.6 is 11.3 Å². The molecule has 5 nitrogen and oxygen atoms in total. The monoisotopic (exact) mass is 321 g/mol. The van der Waals surface area contributed by atoms with Gasteiger partial charge in [0.25, 0.3) is 0 Å². The quantitative estimate of drug-likeness (QED) is 0.621. The topological polar surface area (TPSA) is 55.6 Å². The average molecular weight is 321 g/mol. The predicted molar refractivity (Wildman–Crippen MR) is 93.0 cm³/mol. The summed E-state index contributed by atoms with van der Waals surface area (Å²) in [6.07, 6.45) is 5.29. The van der Waals surface area contributed by atoms with Crippen molar-refractivity contribution in [2.45, 2.75) is 13.5 Å². The molecule has 0 amide bonds. The number of aryl methyl sites for hydroxylation is 1. The van der Waals surface area contributed by atoms with Gasteiger partial charge in [-0.15, -0.1) is 11.3 Å². The number of hydrogen-bond donors (Lipinski definition) is 1. The van der Waals surface area contributed by atoms with Crippen LogP contribution in [-0.4, -0.2) is 19.5 Å². The third kappa shape index (κ3) is 2.80. The molecule has 3 heterocycles. The summed E-state index contributed by atoms with van der Waals surface area (Å²) in [7, 11) is 0. The lowest BCUT2D eigenvalue weighted by Gasteiger charge is -2.09. The maximum Gasteiger partial charge on any atom is 0.238 e. The molecule has 3 aromatic heterocycles. The fourth-order valence-electron chi connectivity index (χ4n) is 2.44. The molecule has 0 saturated heterocycles. The van der Waals surface area contributed by atoms with E-state index in [1.807, 2.05) is 29.0 Å². The molecule has 1 N–H and O–H groups in total. The van der Waals surface area contributed by atoms with E-state index in [1.54, 1.807) is 23.9 Å². The van der Waals surface area contributed by atoms with Gasteiger partial charge in [-0.3, -0.25) is 4.57 Å². The Morgan fingerprint density at radius 3 is 2.83 bits per heavy atom. The van der Waals surface area contributed by atoms with E-state index in [0.717, 1.165) is 22.6 Å². The predicted octanol–water partition coefficient (Wildman–Crippen LogP) is 3.80. The number of thiophene rings is 1. The highest BCUT2D eigenvalue weighted by Gasteiger charge is 2.11. The van der Waals surface area contributed by atoms with E-state index in [9.17, 15) is 0 Å². The van der Waals surface area contributed by atoms with Gasteiger partial charge >= 0.3 is 0 Å². The minimum absolute atomic E-state index is 0.632. The Morgan fingerprint density at radius 1 is 1.17 bits per heavy atom. The summed E-state index contributed by atoms with van der Waals surface area (Å²) in [5.41, 5.74) is 1.22. The van der Waals surface area contributed by atoms with Gasteiger partial charge in [0.05, 0.1) is 5.39 Å². The minimum Gasteiger partial charge on any atom is -0.365 e. The van der Waals surface area contributed by atoms with Gasteiger partial charge in [0.1, 0.15) is 17.0 Å². The molecule has 114 valence electrons. The van der Waals surface area contributed by atoms with Crippen LogP contribution in [0.4, 0.5) is 5.82 Å². The smallest absolute Gasteiger partial charge is 0.238 e. The summed E-state index contributed by atoms with van der Waals surface area (Å²) < 4.78 is 1.82. The van der Waals surface area contributed by atoms with E-state index in [1.165, 1.54) is 10.4 Å². The van der Waals surface area contributed by atoms with Crippen molar-refractivity contribution in [1.82, 2.24) is 19.5 Å². The van der Waals surface area contributed by atoms with Gasteiger partial charge in [-0.2, -0.15) is 4.98 Å². The van der Waals surface area contributed by atoms with E-state index >= 15 is 0 Å². The maximum absolute atomic E-state index is 4.68. The van der Waals surface area contributed by atoms with Crippen LogP contribution in [0.15, 0.2) is 55.1 Å². The van der Waals surface area contributed by atoms with Crippen molar-refractivity contribution >= 4 is 27.4 Å². The summed E-state index contributed by atoms with van der Waals surface area (Å²) in [5, 5.41) is 4.50. The van der Waals surface area contributed by atoms with Gasteiger partial charge in [0.2, 0.25) is 5.95 Å². The molecule has 1 aromatic carbocycles. The molecule has 0 fully saturated rings. The standard InChI is InChI=1S/C17H15N5S/c1-12-9-14-15(19-10-13-5-3-2-4-6-13)20-17(21-16(14)23-12)22-8-7-18-11-22/h2-9,11H,10H2,1H3,(H,19,20,21). The van der Waals surface area contributed by atoms with E-state index in [0.29, 0.717) is 5.95 Å². The Bertz CT molecular complexity index is 928. The largest absolute Gasteiger partial charge is 0.365 e. The second-order valence-corrected chi connectivity index (χ2v) is 6.49. The third-order valence-corrected chi connectivity index (χ3v) is 4.49. The highest BCUT2D eigenvalue weighted by atomic mass is 32.1. The van der Waals surface area contributed by atoms with Crippen molar-refractivity contribution in [3.05, 3.63) is 65.6 Å². The number of benzene rings is 1. The van der Waals surface area contributed by atoms with Crippen molar-refractivity contribution in [1.29, 1.82) is 0 Å². The molecule has 0 bridgehead atoms. The zero-order chi connectivity index (χ0) is 15.6. The van der Waals surface area contributed by atoms with Crippen molar-refractivity contribution in [2.75, 3.05) is 5.32 Å². The Kier molecular flexibility index (Phi) is 3.51. The van der Waals surface area contributed by atoms with Crippen LogP contribution in [0, 0.1) is 6.92 Å². The molecule has 4 aromatic rings. The number of nitrogens with zero attached hydrogens (tertiary/aromatic N) is 4. The molecular formula is C17H15N5S. The second kappa shape index (κ2) is 5.81. The van der Waals surface area contributed by atoms with Gasteiger partial charge in [-0.05, 0) is 18.6 Å². The average Bonchev–Trinajstić information content (AvgIpc) is 3.21. The van der Waals surface area contributed by atoms with E-state index in [4.69, 9.17) is 0 Å².